The molecule has 0 amide bonds. The van der Waals surface area contributed by atoms with E-state index in [0.717, 1.165) is 0 Å². The average Bonchev–Trinajstić information content (AvgIpc) is 2.72. The second-order valence-corrected chi connectivity index (χ2v) is 7.73. The van der Waals surface area contributed by atoms with Crippen LogP contribution >= 0.6 is 49.9 Å². The lowest BCUT2D eigenvalue weighted by atomic mass is 10.1. The highest BCUT2D eigenvalue weighted by molar-refractivity contribution is 14.1. The van der Waals surface area contributed by atoms with Crippen LogP contribution in [0.2, 0.25) is 0 Å². The normalized spacial score (nSPS) is 13.2. The standard InChI is InChI=1S/C14H4BrF6IS/c15-7-3-1-5-6-2-4-8(22)10(14(19,20)21)12(6)23-11(5)9(7)13(16,17)18/h1-4H. The fourth-order valence-corrected chi connectivity index (χ4v) is 5.44. The SMILES string of the molecule is FC(F)(F)c1c(Br)ccc2c1sc1c(C(F)(F)F)c(I)ccc12. The third-order valence-electron chi connectivity index (χ3n) is 3.27. The van der Waals surface area contributed by atoms with Gasteiger partial charge in [0.2, 0.25) is 0 Å². The Morgan fingerprint density at radius 3 is 1.78 bits per heavy atom. The summed E-state index contributed by atoms with van der Waals surface area (Å²) in [5, 5.41) is 0.346. The quantitative estimate of drug-likeness (QED) is 0.211. The van der Waals surface area contributed by atoms with E-state index in [4.69, 9.17) is 0 Å². The lowest BCUT2D eigenvalue weighted by Gasteiger charge is -2.10. The van der Waals surface area contributed by atoms with Crippen LogP contribution in [0.5, 0.6) is 0 Å². The van der Waals surface area contributed by atoms with Crippen molar-refractivity contribution in [1.29, 1.82) is 0 Å². The summed E-state index contributed by atoms with van der Waals surface area (Å²) in [6, 6.07) is 5.31. The first kappa shape index (κ1) is 17.3. The molecule has 3 aromatic rings. The molecular formula is C14H4BrF6IS. The summed E-state index contributed by atoms with van der Waals surface area (Å²) in [5.74, 6) is 0. The van der Waals surface area contributed by atoms with Crippen LogP contribution in [0.15, 0.2) is 28.7 Å². The minimum atomic E-state index is -4.66. The van der Waals surface area contributed by atoms with Crippen LogP contribution in [0.25, 0.3) is 20.2 Å². The molecule has 2 aromatic carbocycles. The number of thiophene rings is 1. The largest absolute Gasteiger partial charge is 0.418 e. The highest BCUT2D eigenvalue weighted by Gasteiger charge is 2.39. The molecule has 3 rings (SSSR count). The zero-order valence-corrected chi connectivity index (χ0v) is 15.3. The van der Waals surface area contributed by atoms with Crippen molar-refractivity contribution >= 4 is 70.0 Å². The molecule has 0 unspecified atom stereocenters. The third kappa shape index (κ3) is 2.84. The van der Waals surface area contributed by atoms with Gasteiger partial charge in [0, 0.05) is 28.2 Å². The predicted octanol–water partition coefficient (Wildman–Crippen LogP) is 7.46. The molecule has 0 aliphatic heterocycles. The number of hydrogen-bond acceptors (Lipinski definition) is 1. The van der Waals surface area contributed by atoms with Gasteiger partial charge in [-0.05, 0) is 34.7 Å². The molecule has 0 N–H and O–H groups in total. The molecule has 0 radical (unpaired) electrons. The molecule has 0 saturated carbocycles. The predicted molar refractivity (Wildman–Crippen MR) is 89.8 cm³/mol. The number of rotatable bonds is 0. The summed E-state index contributed by atoms with van der Waals surface area (Å²) in [6.07, 6.45) is -9.29. The Kier molecular flexibility index (Phi) is 4.12. The minimum Gasteiger partial charge on any atom is -0.166 e. The zero-order chi connectivity index (χ0) is 17.2. The third-order valence-corrected chi connectivity index (χ3v) is 6.09. The molecular weight excluding hydrogens is 521 g/mol. The molecule has 23 heavy (non-hydrogen) atoms. The fraction of sp³-hybridized carbons (Fsp3) is 0.143. The Labute approximate surface area is 151 Å². The van der Waals surface area contributed by atoms with Crippen molar-refractivity contribution < 1.29 is 26.3 Å². The Bertz CT molecular complexity index is 851. The number of fused-ring (bicyclic) bond motifs is 3. The zero-order valence-electron chi connectivity index (χ0n) is 10.7. The first-order valence-electron chi connectivity index (χ1n) is 5.99. The average molecular weight is 525 g/mol. The van der Waals surface area contributed by atoms with E-state index in [2.05, 4.69) is 15.9 Å². The molecule has 0 saturated heterocycles. The van der Waals surface area contributed by atoms with Crippen LogP contribution in [0.3, 0.4) is 0 Å². The molecule has 9 heteroatoms. The Hall–Kier alpha value is -0.550. The summed E-state index contributed by atoms with van der Waals surface area (Å²) >= 11 is 4.91. The molecule has 0 aliphatic rings. The van der Waals surface area contributed by atoms with Gasteiger partial charge in [0.25, 0.3) is 0 Å². The highest BCUT2D eigenvalue weighted by Crippen LogP contribution is 2.49. The maximum absolute atomic E-state index is 13.3. The Balaban J connectivity index is 2.54. The van der Waals surface area contributed by atoms with Gasteiger partial charge in [-0.1, -0.05) is 28.1 Å². The topological polar surface area (TPSA) is 0 Å². The first-order valence-corrected chi connectivity index (χ1v) is 8.68. The van der Waals surface area contributed by atoms with E-state index in [1.54, 1.807) is 22.6 Å². The fourth-order valence-electron chi connectivity index (χ4n) is 2.38. The molecule has 1 aromatic heterocycles. The summed E-state index contributed by atoms with van der Waals surface area (Å²) < 4.78 is 79.1. The van der Waals surface area contributed by atoms with Crippen LogP contribution in [-0.4, -0.2) is 0 Å². The summed E-state index contributed by atoms with van der Waals surface area (Å²) in [4.78, 5) is 0. The Morgan fingerprint density at radius 2 is 1.26 bits per heavy atom. The molecule has 0 atom stereocenters. The van der Waals surface area contributed by atoms with Crippen molar-refractivity contribution in [2.75, 3.05) is 0 Å². The molecule has 0 aliphatic carbocycles. The maximum atomic E-state index is 13.3. The van der Waals surface area contributed by atoms with E-state index in [1.807, 2.05) is 0 Å². The molecule has 1 heterocycles. The van der Waals surface area contributed by atoms with Crippen LogP contribution < -0.4 is 0 Å². The lowest BCUT2D eigenvalue weighted by molar-refractivity contribution is -0.137. The van der Waals surface area contributed by atoms with Crippen molar-refractivity contribution in [1.82, 2.24) is 0 Å². The van der Waals surface area contributed by atoms with Gasteiger partial charge in [-0.15, -0.1) is 11.3 Å². The van der Waals surface area contributed by atoms with Crippen molar-refractivity contribution in [3.05, 3.63) is 43.4 Å². The van der Waals surface area contributed by atoms with Gasteiger partial charge in [-0.25, -0.2) is 0 Å². The van der Waals surface area contributed by atoms with Gasteiger partial charge in [0.15, 0.2) is 0 Å². The maximum Gasteiger partial charge on any atom is 0.418 e. The lowest BCUT2D eigenvalue weighted by Crippen LogP contribution is -2.07. The summed E-state index contributed by atoms with van der Waals surface area (Å²) in [7, 11) is 0. The van der Waals surface area contributed by atoms with Crippen LogP contribution in [-0.2, 0) is 12.4 Å². The van der Waals surface area contributed by atoms with Crippen LogP contribution in [0.1, 0.15) is 11.1 Å². The van der Waals surface area contributed by atoms with Gasteiger partial charge in [0.1, 0.15) is 0 Å². The molecule has 0 bridgehead atoms. The summed E-state index contributed by atoms with van der Waals surface area (Å²) in [6.45, 7) is 0. The van der Waals surface area contributed by atoms with Gasteiger partial charge in [0.05, 0.1) is 11.1 Å². The van der Waals surface area contributed by atoms with E-state index >= 15 is 0 Å². The molecule has 0 fully saturated rings. The van der Waals surface area contributed by atoms with Gasteiger partial charge < -0.3 is 0 Å². The van der Waals surface area contributed by atoms with E-state index in [1.165, 1.54) is 24.3 Å². The molecule has 122 valence electrons. The number of hydrogen-bond donors (Lipinski definition) is 0. The van der Waals surface area contributed by atoms with E-state index in [0.29, 0.717) is 11.3 Å². The van der Waals surface area contributed by atoms with Gasteiger partial charge >= 0.3 is 12.4 Å². The van der Waals surface area contributed by atoms with E-state index in [-0.39, 0.29) is 28.2 Å². The second-order valence-electron chi connectivity index (χ2n) is 4.70. The molecule has 0 nitrogen and oxygen atoms in total. The van der Waals surface area contributed by atoms with Gasteiger partial charge in [-0.3, -0.25) is 0 Å². The molecule has 0 spiro atoms. The number of halogens is 8. The smallest absolute Gasteiger partial charge is 0.166 e. The van der Waals surface area contributed by atoms with Crippen molar-refractivity contribution in [2.24, 2.45) is 0 Å². The van der Waals surface area contributed by atoms with E-state index < -0.39 is 23.5 Å². The van der Waals surface area contributed by atoms with Crippen LogP contribution in [0.4, 0.5) is 26.3 Å². The van der Waals surface area contributed by atoms with E-state index in [9.17, 15) is 26.3 Å². The minimum absolute atomic E-state index is 0.0400. The van der Waals surface area contributed by atoms with Gasteiger partial charge in [-0.2, -0.15) is 26.3 Å². The van der Waals surface area contributed by atoms with Crippen molar-refractivity contribution in [3.63, 3.8) is 0 Å². The van der Waals surface area contributed by atoms with Crippen molar-refractivity contribution in [3.8, 4) is 0 Å². The monoisotopic (exact) mass is 524 g/mol. The van der Waals surface area contributed by atoms with Crippen molar-refractivity contribution in [2.45, 2.75) is 12.4 Å². The first-order chi connectivity index (χ1) is 10.5. The van der Waals surface area contributed by atoms with Crippen LogP contribution in [0, 0.1) is 3.57 Å². The number of benzene rings is 2. The second kappa shape index (κ2) is 5.48. The summed E-state index contributed by atoms with van der Waals surface area (Å²) in [5.41, 5.74) is -1.83. The number of alkyl halides is 6. The highest BCUT2D eigenvalue weighted by atomic mass is 127. The Morgan fingerprint density at radius 1 is 0.783 bits per heavy atom.